The van der Waals surface area contributed by atoms with Gasteiger partial charge in [-0.15, -0.1) is 0 Å². The zero-order chi connectivity index (χ0) is 49.5. The van der Waals surface area contributed by atoms with Gasteiger partial charge in [-0.3, -0.25) is 19.2 Å². The Hall–Kier alpha value is -6.23. The molecule has 3 aromatic carbocycles. The van der Waals surface area contributed by atoms with Crippen LogP contribution in [0.2, 0.25) is 0 Å². The van der Waals surface area contributed by atoms with E-state index in [1.807, 2.05) is 6.92 Å². The summed E-state index contributed by atoms with van der Waals surface area (Å²) in [5.41, 5.74) is -7.37. The van der Waals surface area contributed by atoms with Gasteiger partial charge < -0.3 is 44.0 Å². The number of ether oxygens (including phenoxy) is 6. The molecule has 1 amide bonds. The molecule has 3 N–H and O–H groups in total. The molecule has 3 aromatic rings. The Morgan fingerprint density at radius 1 is 0.824 bits per heavy atom. The molecule has 1 unspecified atom stereocenters. The van der Waals surface area contributed by atoms with E-state index in [2.05, 4.69) is 5.32 Å². The normalized spacial score (nSPS) is 30.5. The molecule has 0 aromatic heterocycles. The number of ketones is 1. The molecule has 0 spiro atoms. The molecule has 3 fully saturated rings. The van der Waals surface area contributed by atoms with Crippen molar-refractivity contribution in [2.45, 2.75) is 129 Å². The number of carbonyl (C=O) groups excluding carboxylic acids is 7. The third-order valence-corrected chi connectivity index (χ3v) is 14.7. The van der Waals surface area contributed by atoms with Crippen molar-refractivity contribution < 1.29 is 72.2 Å². The minimum absolute atomic E-state index is 0.0204. The highest BCUT2D eigenvalue weighted by atomic mass is 16.6. The first-order valence-corrected chi connectivity index (χ1v) is 22.8. The predicted molar refractivity (Wildman–Crippen MR) is 241 cm³/mol. The van der Waals surface area contributed by atoms with Crippen LogP contribution in [0.4, 0.5) is 0 Å². The summed E-state index contributed by atoms with van der Waals surface area (Å²) in [4.78, 5) is 99.1. The Labute approximate surface area is 394 Å². The van der Waals surface area contributed by atoms with Gasteiger partial charge in [-0.1, -0.05) is 94.4 Å². The molecule has 1 heterocycles. The molecule has 4 aliphatic rings. The van der Waals surface area contributed by atoms with Crippen molar-refractivity contribution in [2.24, 2.45) is 22.7 Å². The van der Waals surface area contributed by atoms with Crippen LogP contribution in [0.25, 0.3) is 0 Å². The number of aliphatic hydroxyl groups excluding tert-OH is 1. The van der Waals surface area contributed by atoms with E-state index in [0.717, 1.165) is 13.8 Å². The lowest BCUT2D eigenvalue weighted by Gasteiger charge is -2.67. The second kappa shape index (κ2) is 19.0. The van der Waals surface area contributed by atoms with Crippen LogP contribution < -0.4 is 5.32 Å². The van der Waals surface area contributed by atoms with Gasteiger partial charge in [0.25, 0.3) is 0 Å². The maximum Gasteiger partial charge on any atom is 0.350 e. The molecule has 0 radical (unpaired) electrons. The number of carbonyl (C=O) groups is 7. The number of aliphatic hydroxyl groups is 2. The Kier molecular flexibility index (Phi) is 13.9. The minimum Gasteiger partial charge on any atom is -0.455 e. The van der Waals surface area contributed by atoms with Crippen molar-refractivity contribution in [3.8, 4) is 0 Å². The molecular formula is C52H59NO15. The van der Waals surface area contributed by atoms with Crippen LogP contribution in [0.1, 0.15) is 107 Å². The van der Waals surface area contributed by atoms with Crippen molar-refractivity contribution in [2.75, 3.05) is 6.61 Å². The summed E-state index contributed by atoms with van der Waals surface area (Å²) in [6.07, 6.45) is -10.1. The number of hydrogen-bond acceptors (Lipinski definition) is 15. The number of hydrogen-bond donors (Lipinski definition) is 3. The summed E-state index contributed by atoms with van der Waals surface area (Å²) in [6.45, 7) is 11.5. The zero-order valence-corrected chi connectivity index (χ0v) is 39.4. The molecule has 362 valence electrons. The second-order valence-corrected chi connectivity index (χ2v) is 19.1. The number of fused-ring (bicyclic) bond motifs is 5. The molecule has 12 atom stereocenters. The number of esters is 5. The molecule has 2 saturated carbocycles. The first-order chi connectivity index (χ1) is 32.1. The highest BCUT2D eigenvalue weighted by Crippen LogP contribution is 2.64. The summed E-state index contributed by atoms with van der Waals surface area (Å²) >= 11 is 0. The first-order valence-electron chi connectivity index (χ1n) is 22.8. The van der Waals surface area contributed by atoms with Crippen molar-refractivity contribution in [3.63, 3.8) is 0 Å². The van der Waals surface area contributed by atoms with Crippen molar-refractivity contribution in [1.29, 1.82) is 0 Å². The molecule has 3 aliphatic carbocycles. The maximum absolute atomic E-state index is 15.7. The third-order valence-electron chi connectivity index (χ3n) is 14.7. The average molecular weight is 938 g/mol. The summed E-state index contributed by atoms with van der Waals surface area (Å²) in [6, 6.07) is 22.8. The number of nitrogens with one attached hydrogen (secondary N) is 1. The number of Topliss-reactive ketones (excluding diaryl/α,β-unsaturated/α-hetero) is 1. The summed E-state index contributed by atoms with van der Waals surface area (Å²) in [5.74, 6) is -8.18. The van der Waals surface area contributed by atoms with E-state index in [1.165, 1.54) is 38.1 Å². The van der Waals surface area contributed by atoms with Gasteiger partial charge in [-0.25, -0.2) is 14.4 Å². The Bertz CT molecular complexity index is 2470. The van der Waals surface area contributed by atoms with E-state index in [4.69, 9.17) is 28.4 Å². The van der Waals surface area contributed by atoms with Gasteiger partial charge in [0.2, 0.25) is 12.0 Å². The van der Waals surface area contributed by atoms with Gasteiger partial charge in [0.15, 0.2) is 17.5 Å². The van der Waals surface area contributed by atoms with Crippen LogP contribution in [0, 0.1) is 22.7 Å². The van der Waals surface area contributed by atoms with E-state index < -0.39 is 124 Å². The number of amides is 1. The number of rotatable bonds is 13. The fraction of sp³-hybridized carbons (Fsp3) is 0.481. The molecular weight excluding hydrogens is 879 g/mol. The highest BCUT2D eigenvalue weighted by Gasteiger charge is 2.78. The van der Waals surface area contributed by atoms with Crippen LogP contribution in [0.3, 0.4) is 0 Å². The average Bonchev–Trinajstić information content (AvgIpc) is 3.31. The lowest BCUT2D eigenvalue weighted by Crippen LogP contribution is -2.82. The molecule has 2 bridgehead atoms. The van der Waals surface area contributed by atoms with Gasteiger partial charge >= 0.3 is 29.8 Å². The SMILES string of the molecule is CCC(C)C(=O)N[C@@H](c1ccccc1)[C@@H](OC(=O)c1ccccc1)C(=O)O[C@H]1C[C@@]2(O)[C@@H](OC(=O)c3ccccc3)[C@@H]3[C@]4(OC(C)=O)CO[C@@H]4C[C@H](O)[C@@]3(C)C(=O)[C@H](OC(C)=O)C(=C1C)C2(C)C. The monoisotopic (exact) mass is 937 g/mol. The van der Waals surface area contributed by atoms with E-state index in [-0.39, 0.29) is 35.3 Å². The molecule has 7 rings (SSSR count). The summed E-state index contributed by atoms with van der Waals surface area (Å²) in [7, 11) is 0. The largest absolute Gasteiger partial charge is 0.455 e. The van der Waals surface area contributed by atoms with Crippen LogP contribution >= 0.6 is 0 Å². The third kappa shape index (κ3) is 8.62. The number of benzene rings is 3. The van der Waals surface area contributed by atoms with E-state index >= 15 is 9.59 Å². The van der Waals surface area contributed by atoms with Crippen molar-refractivity contribution in [3.05, 3.63) is 119 Å². The highest BCUT2D eigenvalue weighted by molar-refractivity contribution is 5.96. The zero-order valence-electron chi connectivity index (χ0n) is 39.4. The molecule has 68 heavy (non-hydrogen) atoms. The van der Waals surface area contributed by atoms with E-state index in [0.29, 0.717) is 12.0 Å². The van der Waals surface area contributed by atoms with Crippen LogP contribution in [-0.4, -0.2) is 106 Å². The van der Waals surface area contributed by atoms with E-state index in [1.54, 1.807) is 87.5 Å². The molecule has 1 aliphatic heterocycles. The van der Waals surface area contributed by atoms with E-state index in [9.17, 15) is 34.2 Å². The van der Waals surface area contributed by atoms with Gasteiger partial charge in [0.1, 0.15) is 30.0 Å². The predicted octanol–water partition coefficient (Wildman–Crippen LogP) is 5.33. The van der Waals surface area contributed by atoms with Gasteiger partial charge in [-0.05, 0) is 61.2 Å². The summed E-state index contributed by atoms with van der Waals surface area (Å²) < 4.78 is 36.8. The second-order valence-electron chi connectivity index (χ2n) is 19.1. The standard InChI is InChI=1S/C52H59NO15/c1-9-28(2)45(58)53-39(32-19-13-10-14-20-32)41(66-46(59)33-21-15-11-16-22-33)48(61)65-35-26-52(62)44(67-47(60)34-23-17-12-18-24-34)42-50(8,36(56)25-37-51(42,27-63-37)68-31(5)55)43(57)40(64-30(4)54)38(29(35)3)49(52,6)7/h10-24,28,35-37,39-42,44,56,62H,9,25-27H2,1-8H3,(H,53,58)/t28?,35-,36-,37+,39-,40+,41+,42-,44-,50+,51-,52+/m0/s1. The lowest BCUT2D eigenvalue weighted by molar-refractivity contribution is -0.346. The van der Waals surface area contributed by atoms with Gasteiger partial charge in [0, 0.05) is 38.0 Å². The van der Waals surface area contributed by atoms with Crippen LogP contribution in [0.15, 0.2) is 102 Å². The lowest BCUT2D eigenvalue weighted by atomic mass is 9.44. The van der Waals surface area contributed by atoms with Crippen LogP contribution in [0.5, 0.6) is 0 Å². The Morgan fingerprint density at radius 3 is 1.93 bits per heavy atom. The smallest absolute Gasteiger partial charge is 0.350 e. The minimum atomic E-state index is -2.44. The van der Waals surface area contributed by atoms with Gasteiger partial charge in [-0.2, -0.15) is 0 Å². The quantitative estimate of drug-likeness (QED) is 0.112. The van der Waals surface area contributed by atoms with Gasteiger partial charge in [0.05, 0.1) is 35.2 Å². The molecule has 16 nitrogen and oxygen atoms in total. The topological polar surface area (TPSA) is 227 Å². The van der Waals surface area contributed by atoms with Crippen molar-refractivity contribution >= 4 is 41.5 Å². The first kappa shape index (κ1) is 49.7. The van der Waals surface area contributed by atoms with Crippen LogP contribution in [-0.2, 0) is 52.4 Å². The maximum atomic E-state index is 15.7. The van der Waals surface area contributed by atoms with Crippen molar-refractivity contribution in [1.82, 2.24) is 5.32 Å². The molecule has 16 heteroatoms. The fourth-order valence-electron chi connectivity index (χ4n) is 10.7. The fourth-order valence-corrected chi connectivity index (χ4v) is 10.7. The molecule has 1 saturated heterocycles. The Morgan fingerprint density at radius 2 is 1.40 bits per heavy atom. The Balaban J connectivity index is 1.44. The summed E-state index contributed by atoms with van der Waals surface area (Å²) in [5, 5.41) is 29.0.